The van der Waals surface area contributed by atoms with Gasteiger partial charge in [0.1, 0.15) is 0 Å². The minimum absolute atomic E-state index is 0.170. The Hall–Kier alpha value is -2.51. The van der Waals surface area contributed by atoms with Gasteiger partial charge in [-0.15, -0.1) is 0 Å². The molecule has 3 heterocycles. The number of carbonyl (C=O) groups is 2. The predicted molar refractivity (Wildman–Crippen MR) is 127 cm³/mol. The lowest BCUT2D eigenvalue weighted by atomic mass is 10.0. The monoisotopic (exact) mass is 468 g/mol. The normalized spacial score (nSPS) is 15.2. The smallest absolute Gasteiger partial charge is 0.258 e. The van der Waals surface area contributed by atoms with Crippen molar-refractivity contribution in [2.75, 3.05) is 11.9 Å². The van der Waals surface area contributed by atoms with Crippen molar-refractivity contribution in [2.45, 2.75) is 52.5 Å². The minimum atomic E-state index is -0.170. The number of amides is 2. The summed E-state index contributed by atoms with van der Waals surface area (Å²) in [5, 5.41) is 4.97. The number of benzene rings is 1. The quantitative estimate of drug-likeness (QED) is 0.583. The Balaban J connectivity index is 1.42. The van der Waals surface area contributed by atoms with Crippen LogP contribution in [0.4, 0.5) is 5.13 Å². The van der Waals surface area contributed by atoms with Gasteiger partial charge < -0.3 is 4.90 Å². The summed E-state index contributed by atoms with van der Waals surface area (Å²) in [6, 6.07) is 5.50. The molecule has 8 heteroatoms. The summed E-state index contributed by atoms with van der Waals surface area (Å²) in [5.74, 6) is 0.350. The van der Waals surface area contributed by atoms with Crippen LogP contribution in [0, 0.1) is 5.92 Å². The molecule has 0 radical (unpaired) electrons. The number of hydrogen-bond donors (Lipinski definition) is 1. The van der Waals surface area contributed by atoms with Crippen LogP contribution < -0.4 is 5.32 Å². The molecule has 0 unspecified atom stereocenters. The topological polar surface area (TPSA) is 75.2 Å². The Bertz CT molecular complexity index is 1240. The summed E-state index contributed by atoms with van der Waals surface area (Å²) in [7, 11) is 0. The Morgan fingerprint density at radius 2 is 2.03 bits per heavy atom. The number of rotatable bonds is 4. The van der Waals surface area contributed by atoms with E-state index in [4.69, 9.17) is 16.6 Å². The first-order valence-corrected chi connectivity index (χ1v) is 12.3. The molecule has 0 saturated heterocycles. The number of carbonyl (C=O) groups excluding carboxylic acids is 2. The molecule has 5 rings (SSSR count). The lowest BCUT2D eigenvalue weighted by molar-refractivity contribution is -0.132. The van der Waals surface area contributed by atoms with Crippen molar-refractivity contribution >= 4 is 50.8 Å². The fraction of sp³-hybridized carbons (Fsp3) is 0.417. The summed E-state index contributed by atoms with van der Waals surface area (Å²) in [6.07, 6.45) is 4.00. The van der Waals surface area contributed by atoms with E-state index in [0.717, 1.165) is 52.0 Å². The van der Waals surface area contributed by atoms with Gasteiger partial charge in [-0.3, -0.25) is 19.9 Å². The van der Waals surface area contributed by atoms with Gasteiger partial charge in [-0.05, 0) is 48.9 Å². The van der Waals surface area contributed by atoms with Crippen molar-refractivity contribution in [3.8, 4) is 0 Å². The maximum absolute atomic E-state index is 13.4. The second-order valence-electron chi connectivity index (χ2n) is 8.93. The second kappa shape index (κ2) is 8.45. The minimum Gasteiger partial charge on any atom is -0.337 e. The zero-order valence-corrected chi connectivity index (χ0v) is 19.8. The molecule has 166 valence electrons. The van der Waals surface area contributed by atoms with E-state index in [1.54, 1.807) is 6.07 Å². The molecule has 0 atom stereocenters. The van der Waals surface area contributed by atoms with Gasteiger partial charge >= 0.3 is 0 Å². The number of hydrogen-bond acceptors (Lipinski definition) is 5. The molecule has 2 amide bonds. The lowest BCUT2D eigenvalue weighted by Gasteiger charge is -2.26. The van der Waals surface area contributed by atoms with Crippen molar-refractivity contribution in [3.63, 3.8) is 0 Å². The number of pyridine rings is 1. The Labute approximate surface area is 196 Å². The van der Waals surface area contributed by atoms with Gasteiger partial charge in [0.25, 0.3) is 5.91 Å². The zero-order valence-electron chi connectivity index (χ0n) is 18.2. The van der Waals surface area contributed by atoms with Crippen molar-refractivity contribution in [1.29, 1.82) is 0 Å². The van der Waals surface area contributed by atoms with Crippen molar-refractivity contribution in [1.82, 2.24) is 14.9 Å². The molecule has 1 N–H and O–H groups in total. The third-order valence-corrected chi connectivity index (χ3v) is 7.32. The number of nitrogens with zero attached hydrogens (tertiary/aromatic N) is 3. The first-order chi connectivity index (χ1) is 15.4. The molecule has 1 aromatic carbocycles. The standard InChI is InChI=1S/C24H25ClN4O2S/c1-13(2)10-21(30)29-9-8-19-20(12-29)32-24(27-19)28-23(31)22-15-4-3-5-17(15)26-18-7-6-14(25)11-16(18)22/h6-7,11,13H,3-5,8-10,12H2,1-2H3,(H,27,28,31). The molecule has 1 aliphatic carbocycles. The highest BCUT2D eigenvalue weighted by molar-refractivity contribution is 7.15. The molecule has 6 nitrogen and oxygen atoms in total. The Morgan fingerprint density at radius 1 is 1.19 bits per heavy atom. The largest absolute Gasteiger partial charge is 0.337 e. The van der Waals surface area contributed by atoms with E-state index in [0.29, 0.717) is 47.6 Å². The molecule has 2 aromatic heterocycles. The number of aromatic nitrogens is 2. The summed E-state index contributed by atoms with van der Waals surface area (Å²) >= 11 is 7.71. The molecule has 0 spiro atoms. The van der Waals surface area contributed by atoms with Crippen LogP contribution in [-0.2, 0) is 30.6 Å². The van der Waals surface area contributed by atoms with E-state index in [2.05, 4.69) is 24.1 Å². The van der Waals surface area contributed by atoms with Crippen molar-refractivity contribution in [2.24, 2.45) is 5.92 Å². The number of fused-ring (bicyclic) bond motifs is 3. The summed E-state index contributed by atoms with van der Waals surface area (Å²) < 4.78 is 0. The fourth-order valence-corrected chi connectivity index (χ4v) is 5.78. The number of nitrogens with one attached hydrogen (secondary N) is 1. The average Bonchev–Trinajstić information content (AvgIpc) is 3.36. The molecular weight excluding hydrogens is 444 g/mol. The zero-order chi connectivity index (χ0) is 22.4. The molecule has 1 aliphatic heterocycles. The van der Waals surface area contributed by atoms with Crippen LogP contribution in [0.1, 0.15) is 58.9 Å². The van der Waals surface area contributed by atoms with Crippen LogP contribution in [0.25, 0.3) is 10.9 Å². The van der Waals surface area contributed by atoms with E-state index < -0.39 is 0 Å². The van der Waals surface area contributed by atoms with E-state index in [1.807, 2.05) is 17.0 Å². The number of aryl methyl sites for hydroxylation is 1. The van der Waals surface area contributed by atoms with Crippen LogP contribution in [0.15, 0.2) is 18.2 Å². The van der Waals surface area contributed by atoms with Crippen molar-refractivity contribution in [3.05, 3.63) is 50.6 Å². The van der Waals surface area contributed by atoms with Gasteiger partial charge in [-0.1, -0.05) is 36.8 Å². The van der Waals surface area contributed by atoms with Gasteiger partial charge in [0.05, 0.1) is 23.3 Å². The molecule has 32 heavy (non-hydrogen) atoms. The molecule has 0 saturated carbocycles. The van der Waals surface area contributed by atoms with Gasteiger partial charge in [-0.25, -0.2) is 4.98 Å². The number of anilines is 1. The molecular formula is C24H25ClN4O2S. The molecule has 0 bridgehead atoms. The lowest BCUT2D eigenvalue weighted by Crippen LogP contribution is -2.36. The SMILES string of the molecule is CC(C)CC(=O)N1CCc2nc(NC(=O)c3c4c(nc5ccc(Cl)cc35)CCC4)sc2C1. The van der Waals surface area contributed by atoms with Crippen LogP contribution >= 0.6 is 22.9 Å². The van der Waals surface area contributed by atoms with Crippen LogP contribution in [0.2, 0.25) is 5.02 Å². The van der Waals surface area contributed by atoms with E-state index >= 15 is 0 Å². The van der Waals surface area contributed by atoms with E-state index in [-0.39, 0.29) is 11.8 Å². The summed E-state index contributed by atoms with van der Waals surface area (Å²) in [5.41, 5.74) is 4.45. The number of thiazole rings is 1. The van der Waals surface area contributed by atoms with E-state index in [1.165, 1.54) is 11.3 Å². The van der Waals surface area contributed by atoms with E-state index in [9.17, 15) is 9.59 Å². The first-order valence-electron chi connectivity index (χ1n) is 11.1. The van der Waals surface area contributed by atoms with Crippen LogP contribution in [0.3, 0.4) is 0 Å². The molecule has 0 fully saturated rings. The summed E-state index contributed by atoms with van der Waals surface area (Å²) in [4.78, 5) is 38.3. The molecule has 3 aromatic rings. The van der Waals surface area contributed by atoms with Gasteiger partial charge in [0, 0.05) is 40.4 Å². The first kappa shape index (κ1) is 21.3. The maximum atomic E-state index is 13.4. The van der Waals surface area contributed by atoms with Gasteiger partial charge in [0.15, 0.2) is 5.13 Å². The Morgan fingerprint density at radius 3 is 2.84 bits per heavy atom. The van der Waals surface area contributed by atoms with Crippen LogP contribution in [-0.4, -0.2) is 33.2 Å². The predicted octanol–water partition coefficient (Wildman–Crippen LogP) is 5.02. The third-order valence-electron chi connectivity index (χ3n) is 6.09. The number of halogens is 1. The third kappa shape index (κ3) is 3.99. The maximum Gasteiger partial charge on any atom is 0.258 e. The fourth-order valence-electron chi connectivity index (χ4n) is 4.59. The average molecular weight is 469 g/mol. The Kier molecular flexibility index (Phi) is 5.63. The molecule has 2 aliphatic rings. The van der Waals surface area contributed by atoms with Gasteiger partial charge in [0.2, 0.25) is 5.91 Å². The highest BCUT2D eigenvalue weighted by atomic mass is 35.5. The second-order valence-corrected chi connectivity index (χ2v) is 10.5. The van der Waals surface area contributed by atoms with Gasteiger partial charge in [-0.2, -0.15) is 0 Å². The highest BCUT2D eigenvalue weighted by Crippen LogP contribution is 2.33. The summed E-state index contributed by atoms with van der Waals surface area (Å²) in [6.45, 7) is 5.36. The van der Waals surface area contributed by atoms with Crippen LogP contribution in [0.5, 0.6) is 0 Å². The van der Waals surface area contributed by atoms with Crippen molar-refractivity contribution < 1.29 is 9.59 Å². The highest BCUT2D eigenvalue weighted by Gasteiger charge is 2.27.